The Morgan fingerprint density at radius 3 is 2.39 bits per heavy atom. The Hall–Kier alpha value is -0.810. The summed E-state index contributed by atoms with van der Waals surface area (Å²) in [5.74, 6) is 0.614. The molecule has 0 atom stereocenters. The first-order valence-electron chi connectivity index (χ1n) is 6.80. The molecule has 1 N–H and O–H groups in total. The maximum absolute atomic E-state index is 11.8. The summed E-state index contributed by atoms with van der Waals surface area (Å²) in [5, 5.41) is 9.33. The van der Waals surface area contributed by atoms with E-state index >= 15 is 0 Å². The lowest BCUT2D eigenvalue weighted by Crippen LogP contribution is -2.57. The van der Waals surface area contributed by atoms with Crippen LogP contribution in [0.4, 0.5) is 4.79 Å². The number of carbonyl (C=O) groups excluding carboxylic acids is 1. The smallest absolute Gasteiger partial charge is 0.409 e. The quantitative estimate of drug-likeness (QED) is 0.812. The summed E-state index contributed by atoms with van der Waals surface area (Å²) in [7, 11) is 0. The first kappa shape index (κ1) is 13.6. The zero-order valence-electron chi connectivity index (χ0n) is 11.4. The molecule has 0 aromatic heterocycles. The first-order valence-corrected chi connectivity index (χ1v) is 6.80. The van der Waals surface area contributed by atoms with Crippen LogP contribution < -0.4 is 0 Å². The molecule has 0 spiro atoms. The van der Waals surface area contributed by atoms with E-state index in [9.17, 15) is 9.90 Å². The van der Waals surface area contributed by atoms with Crippen molar-refractivity contribution in [1.82, 2.24) is 9.80 Å². The third kappa shape index (κ3) is 3.36. The Labute approximate surface area is 109 Å². The lowest BCUT2D eigenvalue weighted by Gasteiger charge is -2.42. The minimum absolute atomic E-state index is 0.138. The summed E-state index contributed by atoms with van der Waals surface area (Å²) in [5.41, 5.74) is -0.204. The molecule has 1 aliphatic heterocycles. The molecule has 5 heteroatoms. The predicted molar refractivity (Wildman–Crippen MR) is 68.4 cm³/mol. The Bertz CT molecular complexity index is 295. The van der Waals surface area contributed by atoms with Gasteiger partial charge in [-0.2, -0.15) is 0 Å². The molecule has 2 rings (SSSR count). The summed E-state index contributed by atoms with van der Waals surface area (Å²) in [6.07, 6.45) is 2.22. The summed E-state index contributed by atoms with van der Waals surface area (Å²) < 4.78 is 5.27. The van der Waals surface area contributed by atoms with Gasteiger partial charge in [0.25, 0.3) is 0 Å². The van der Waals surface area contributed by atoms with Crippen LogP contribution in [0.15, 0.2) is 0 Å². The van der Waals surface area contributed by atoms with Crippen LogP contribution in [0.2, 0.25) is 0 Å². The van der Waals surface area contributed by atoms with E-state index < -0.39 is 0 Å². The van der Waals surface area contributed by atoms with Gasteiger partial charge in [-0.15, -0.1) is 0 Å². The van der Waals surface area contributed by atoms with Crippen molar-refractivity contribution in [3.05, 3.63) is 0 Å². The number of hydrogen-bond donors (Lipinski definition) is 1. The van der Waals surface area contributed by atoms with Gasteiger partial charge < -0.3 is 14.7 Å². The fraction of sp³-hybridized carbons (Fsp3) is 0.923. The second-order valence-electron chi connectivity index (χ2n) is 5.96. The Morgan fingerprint density at radius 2 is 1.89 bits per heavy atom. The van der Waals surface area contributed by atoms with Crippen LogP contribution in [-0.2, 0) is 4.74 Å². The second-order valence-corrected chi connectivity index (χ2v) is 5.96. The molecule has 1 aliphatic carbocycles. The van der Waals surface area contributed by atoms with Crippen molar-refractivity contribution in [2.24, 2.45) is 5.92 Å². The molecule has 104 valence electrons. The molecule has 1 saturated carbocycles. The maximum Gasteiger partial charge on any atom is 0.409 e. The minimum atomic E-state index is -0.204. The van der Waals surface area contributed by atoms with E-state index in [1.165, 1.54) is 12.8 Å². The van der Waals surface area contributed by atoms with Gasteiger partial charge in [-0.3, -0.25) is 4.90 Å². The fourth-order valence-corrected chi connectivity index (χ4v) is 2.16. The fourth-order valence-electron chi connectivity index (χ4n) is 2.16. The van der Waals surface area contributed by atoms with Gasteiger partial charge in [0.2, 0.25) is 0 Å². The normalized spacial score (nSPS) is 22.1. The van der Waals surface area contributed by atoms with E-state index in [1.54, 1.807) is 4.90 Å². The third-order valence-electron chi connectivity index (χ3n) is 3.92. The van der Waals surface area contributed by atoms with Crippen LogP contribution in [-0.4, -0.2) is 65.9 Å². The number of piperazine rings is 1. The van der Waals surface area contributed by atoms with Crippen LogP contribution in [0.3, 0.4) is 0 Å². The van der Waals surface area contributed by atoms with Crippen LogP contribution in [0.1, 0.15) is 26.7 Å². The van der Waals surface area contributed by atoms with Gasteiger partial charge in [0.1, 0.15) is 0 Å². The molecule has 1 amide bonds. The summed E-state index contributed by atoms with van der Waals surface area (Å²) in [6.45, 7) is 7.74. The number of ether oxygens (including phenoxy) is 1. The number of amides is 1. The van der Waals surface area contributed by atoms with E-state index in [4.69, 9.17) is 4.74 Å². The minimum Gasteiger partial charge on any atom is -0.449 e. The van der Waals surface area contributed by atoms with E-state index in [1.807, 2.05) is 13.8 Å². The summed E-state index contributed by atoms with van der Waals surface area (Å²) >= 11 is 0. The molecule has 2 fully saturated rings. The molecule has 0 aromatic carbocycles. The first-order chi connectivity index (χ1) is 8.53. The molecule has 1 saturated heterocycles. The monoisotopic (exact) mass is 256 g/mol. The van der Waals surface area contributed by atoms with Crippen LogP contribution in [0, 0.1) is 5.92 Å². The Morgan fingerprint density at radius 1 is 1.28 bits per heavy atom. The van der Waals surface area contributed by atoms with Gasteiger partial charge in [0.05, 0.1) is 13.2 Å². The standard InChI is InChI=1S/C13H24N2O3/c1-13(2,10-16)15-7-5-14(6-8-15)12(17)18-9-11-3-4-11/h11,16H,3-10H2,1-2H3. The van der Waals surface area contributed by atoms with Crippen LogP contribution in [0.5, 0.6) is 0 Å². The average Bonchev–Trinajstić information content (AvgIpc) is 3.20. The second kappa shape index (κ2) is 5.45. The van der Waals surface area contributed by atoms with E-state index in [2.05, 4.69) is 4.90 Å². The van der Waals surface area contributed by atoms with Crippen LogP contribution >= 0.6 is 0 Å². The zero-order valence-corrected chi connectivity index (χ0v) is 11.4. The lowest BCUT2D eigenvalue weighted by molar-refractivity contribution is 0.0128. The zero-order chi connectivity index (χ0) is 13.2. The van der Waals surface area contributed by atoms with Gasteiger partial charge >= 0.3 is 6.09 Å². The number of aliphatic hydroxyl groups is 1. The lowest BCUT2D eigenvalue weighted by atomic mass is 10.0. The van der Waals surface area contributed by atoms with Crippen molar-refractivity contribution in [2.45, 2.75) is 32.2 Å². The number of hydrogen-bond acceptors (Lipinski definition) is 4. The molecule has 0 bridgehead atoms. The molecule has 0 aromatic rings. The number of rotatable bonds is 4. The SMILES string of the molecule is CC(C)(CO)N1CCN(C(=O)OCC2CC2)CC1. The van der Waals surface area contributed by atoms with E-state index in [-0.39, 0.29) is 18.2 Å². The van der Waals surface area contributed by atoms with Crippen LogP contribution in [0.25, 0.3) is 0 Å². The van der Waals surface area contributed by atoms with Crippen molar-refractivity contribution in [3.8, 4) is 0 Å². The predicted octanol–water partition coefficient (Wildman–Crippen LogP) is 0.921. The Balaban J connectivity index is 1.73. The highest BCUT2D eigenvalue weighted by molar-refractivity contribution is 5.67. The molecule has 0 radical (unpaired) electrons. The maximum atomic E-state index is 11.8. The van der Waals surface area contributed by atoms with Crippen molar-refractivity contribution in [2.75, 3.05) is 39.4 Å². The van der Waals surface area contributed by atoms with Crippen molar-refractivity contribution >= 4 is 6.09 Å². The molecular formula is C13H24N2O3. The summed E-state index contributed by atoms with van der Waals surface area (Å²) in [6, 6.07) is 0. The van der Waals surface area contributed by atoms with Gasteiger partial charge in [-0.25, -0.2) is 4.79 Å². The largest absolute Gasteiger partial charge is 0.449 e. The third-order valence-corrected chi connectivity index (χ3v) is 3.92. The molecule has 1 heterocycles. The van der Waals surface area contributed by atoms with Gasteiger partial charge in [0.15, 0.2) is 0 Å². The number of carbonyl (C=O) groups is 1. The molecule has 0 unspecified atom stereocenters. The van der Waals surface area contributed by atoms with Crippen molar-refractivity contribution in [1.29, 1.82) is 0 Å². The van der Waals surface area contributed by atoms with E-state index in [0.717, 1.165) is 13.1 Å². The van der Waals surface area contributed by atoms with E-state index in [0.29, 0.717) is 25.6 Å². The highest BCUT2D eigenvalue weighted by Crippen LogP contribution is 2.29. The molecule has 5 nitrogen and oxygen atoms in total. The van der Waals surface area contributed by atoms with Crippen molar-refractivity contribution < 1.29 is 14.6 Å². The summed E-state index contributed by atoms with van der Waals surface area (Å²) in [4.78, 5) is 15.8. The Kier molecular flexibility index (Phi) is 4.12. The van der Waals surface area contributed by atoms with Gasteiger partial charge in [-0.05, 0) is 32.6 Å². The number of aliphatic hydroxyl groups excluding tert-OH is 1. The molecule has 18 heavy (non-hydrogen) atoms. The van der Waals surface area contributed by atoms with Crippen molar-refractivity contribution in [3.63, 3.8) is 0 Å². The molecular weight excluding hydrogens is 232 g/mol. The van der Waals surface area contributed by atoms with Gasteiger partial charge in [0, 0.05) is 31.7 Å². The highest BCUT2D eigenvalue weighted by atomic mass is 16.6. The topological polar surface area (TPSA) is 53.0 Å². The average molecular weight is 256 g/mol. The highest BCUT2D eigenvalue weighted by Gasteiger charge is 2.31. The molecule has 2 aliphatic rings. The number of nitrogens with zero attached hydrogens (tertiary/aromatic N) is 2. The van der Waals surface area contributed by atoms with Gasteiger partial charge in [-0.1, -0.05) is 0 Å².